The van der Waals surface area contributed by atoms with Crippen molar-refractivity contribution in [2.75, 3.05) is 6.61 Å². The molecule has 0 saturated carbocycles. The Bertz CT molecular complexity index is 125. The van der Waals surface area contributed by atoms with Crippen LogP contribution in [-0.2, 0) is 9.53 Å². The van der Waals surface area contributed by atoms with Gasteiger partial charge in [0.25, 0.3) is 0 Å². The van der Waals surface area contributed by atoms with Gasteiger partial charge in [-0.25, -0.2) is 0 Å². The standard InChI is InChI=1S/C7H10O2/c1-3-4-5-6-9-7(2)8/h3-5H,1,6H2,2H3/b5-4+. The van der Waals surface area contributed by atoms with Gasteiger partial charge in [0.05, 0.1) is 0 Å². The molecule has 0 unspecified atom stereocenters. The maximum Gasteiger partial charge on any atom is 0.302 e. The molecule has 0 spiro atoms. The molecule has 0 aromatic carbocycles. The third-order valence-corrected chi connectivity index (χ3v) is 0.655. The minimum atomic E-state index is -0.260. The van der Waals surface area contributed by atoms with Gasteiger partial charge < -0.3 is 4.74 Å². The Labute approximate surface area is 54.8 Å². The Hall–Kier alpha value is -1.05. The third-order valence-electron chi connectivity index (χ3n) is 0.655. The molecule has 0 saturated heterocycles. The lowest BCUT2D eigenvalue weighted by atomic mass is 10.5. The number of hydrogen-bond donors (Lipinski definition) is 0. The second-order valence-electron chi connectivity index (χ2n) is 1.47. The summed E-state index contributed by atoms with van der Waals surface area (Å²) in [5.74, 6) is -0.260. The van der Waals surface area contributed by atoms with Gasteiger partial charge in [0.2, 0.25) is 0 Å². The highest BCUT2D eigenvalue weighted by molar-refractivity contribution is 5.65. The first-order valence-electron chi connectivity index (χ1n) is 2.68. The number of esters is 1. The van der Waals surface area contributed by atoms with Crippen molar-refractivity contribution in [3.8, 4) is 0 Å². The molecular weight excluding hydrogens is 116 g/mol. The fraction of sp³-hybridized carbons (Fsp3) is 0.286. The van der Waals surface area contributed by atoms with E-state index in [4.69, 9.17) is 0 Å². The number of carbonyl (C=O) groups is 1. The molecule has 0 fully saturated rings. The van der Waals surface area contributed by atoms with Crippen LogP contribution < -0.4 is 0 Å². The molecule has 0 aromatic heterocycles. The van der Waals surface area contributed by atoms with E-state index >= 15 is 0 Å². The number of allylic oxidation sites excluding steroid dienone is 2. The van der Waals surface area contributed by atoms with Crippen molar-refractivity contribution in [1.29, 1.82) is 0 Å². The fourth-order valence-corrected chi connectivity index (χ4v) is 0.317. The molecule has 50 valence electrons. The summed E-state index contributed by atoms with van der Waals surface area (Å²) >= 11 is 0. The molecule has 2 nitrogen and oxygen atoms in total. The molecule has 0 aromatic rings. The van der Waals surface area contributed by atoms with Gasteiger partial charge in [0.1, 0.15) is 6.61 Å². The van der Waals surface area contributed by atoms with E-state index in [0.29, 0.717) is 6.61 Å². The van der Waals surface area contributed by atoms with Gasteiger partial charge in [-0.05, 0) is 6.08 Å². The first-order valence-corrected chi connectivity index (χ1v) is 2.68. The van der Waals surface area contributed by atoms with E-state index in [0.717, 1.165) is 0 Å². The fourth-order valence-electron chi connectivity index (χ4n) is 0.317. The van der Waals surface area contributed by atoms with E-state index in [2.05, 4.69) is 11.3 Å². The van der Waals surface area contributed by atoms with E-state index in [1.54, 1.807) is 18.2 Å². The van der Waals surface area contributed by atoms with E-state index in [1.807, 2.05) is 0 Å². The summed E-state index contributed by atoms with van der Waals surface area (Å²) in [6.07, 6.45) is 5.07. The topological polar surface area (TPSA) is 26.3 Å². The van der Waals surface area contributed by atoms with Crippen LogP contribution in [0.5, 0.6) is 0 Å². The van der Waals surface area contributed by atoms with Crippen LogP contribution in [0.25, 0.3) is 0 Å². The van der Waals surface area contributed by atoms with Crippen LogP contribution in [0, 0.1) is 0 Å². The van der Waals surface area contributed by atoms with Gasteiger partial charge in [0.15, 0.2) is 0 Å². The summed E-state index contributed by atoms with van der Waals surface area (Å²) in [6.45, 7) is 5.16. The normalized spacial score (nSPS) is 9.44. The Kier molecular flexibility index (Phi) is 4.50. The van der Waals surface area contributed by atoms with Gasteiger partial charge >= 0.3 is 5.97 Å². The molecule has 9 heavy (non-hydrogen) atoms. The summed E-state index contributed by atoms with van der Waals surface area (Å²) in [6, 6.07) is 0. The van der Waals surface area contributed by atoms with E-state index < -0.39 is 0 Å². The van der Waals surface area contributed by atoms with E-state index in [-0.39, 0.29) is 5.97 Å². The predicted molar refractivity (Wildman–Crippen MR) is 36.0 cm³/mol. The van der Waals surface area contributed by atoms with E-state index in [1.165, 1.54) is 6.92 Å². The highest BCUT2D eigenvalue weighted by Gasteiger charge is 1.84. The van der Waals surface area contributed by atoms with Crippen molar-refractivity contribution in [2.45, 2.75) is 6.92 Å². The Morgan fingerprint density at radius 3 is 2.89 bits per heavy atom. The number of carbonyl (C=O) groups excluding carboxylic acids is 1. The average Bonchev–Trinajstić information content (AvgIpc) is 1.80. The molecular formula is C7H10O2. The largest absolute Gasteiger partial charge is 0.462 e. The van der Waals surface area contributed by atoms with Crippen molar-refractivity contribution < 1.29 is 9.53 Å². The predicted octanol–water partition coefficient (Wildman–Crippen LogP) is 1.29. The Morgan fingerprint density at radius 1 is 1.78 bits per heavy atom. The lowest BCUT2D eigenvalue weighted by Gasteiger charge is -1.92. The van der Waals surface area contributed by atoms with Crippen LogP contribution in [0.2, 0.25) is 0 Å². The summed E-state index contributed by atoms with van der Waals surface area (Å²) < 4.78 is 4.57. The minimum Gasteiger partial charge on any atom is -0.462 e. The molecule has 0 bridgehead atoms. The first kappa shape index (κ1) is 7.95. The molecule has 0 N–H and O–H groups in total. The second-order valence-corrected chi connectivity index (χ2v) is 1.47. The van der Waals surface area contributed by atoms with Crippen molar-refractivity contribution in [3.63, 3.8) is 0 Å². The van der Waals surface area contributed by atoms with Gasteiger partial charge in [-0.15, -0.1) is 0 Å². The van der Waals surface area contributed by atoms with Crippen molar-refractivity contribution in [3.05, 3.63) is 24.8 Å². The Balaban J connectivity index is 3.19. The SMILES string of the molecule is C=C/C=C/COC(C)=O. The number of rotatable bonds is 3. The zero-order valence-electron chi connectivity index (χ0n) is 5.46. The zero-order valence-corrected chi connectivity index (χ0v) is 5.46. The maximum atomic E-state index is 10.1. The van der Waals surface area contributed by atoms with Crippen molar-refractivity contribution in [1.82, 2.24) is 0 Å². The van der Waals surface area contributed by atoms with E-state index in [9.17, 15) is 4.79 Å². The minimum absolute atomic E-state index is 0.260. The third kappa shape index (κ3) is 6.95. The number of ether oxygens (including phenoxy) is 1. The summed E-state index contributed by atoms with van der Waals surface area (Å²) in [5, 5.41) is 0. The lowest BCUT2D eigenvalue weighted by Crippen LogP contribution is -1.96. The van der Waals surface area contributed by atoms with Crippen molar-refractivity contribution in [2.24, 2.45) is 0 Å². The smallest absolute Gasteiger partial charge is 0.302 e. The Morgan fingerprint density at radius 2 is 2.44 bits per heavy atom. The quantitative estimate of drug-likeness (QED) is 0.420. The van der Waals surface area contributed by atoms with Crippen molar-refractivity contribution >= 4 is 5.97 Å². The van der Waals surface area contributed by atoms with Gasteiger partial charge in [-0.2, -0.15) is 0 Å². The summed E-state index contributed by atoms with van der Waals surface area (Å²) in [4.78, 5) is 10.1. The maximum absolute atomic E-state index is 10.1. The molecule has 0 aliphatic heterocycles. The molecule has 0 amide bonds. The molecule has 0 radical (unpaired) electrons. The van der Waals surface area contributed by atoms with Gasteiger partial charge in [-0.1, -0.05) is 18.7 Å². The highest BCUT2D eigenvalue weighted by atomic mass is 16.5. The molecule has 0 atom stereocenters. The van der Waals surface area contributed by atoms with Crippen LogP contribution in [0.3, 0.4) is 0 Å². The first-order chi connectivity index (χ1) is 4.27. The molecule has 0 heterocycles. The van der Waals surface area contributed by atoms with Crippen LogP contribution in [-0.4, -0.2) is 12.6 Å². The molecule has 0 aliphatic carbocycles. The summed E-state index contributed by atoms with van der Waals surface area (Å²) in [7, 11) is 0. The average molecular weight is 126 g/mol. The molecule has 0 rings (SSSR count). The van der Waals surface area contributed by atoms with Crippen LogP contribution in [0.4, 0.5) is 0 Å². The zero-order chi connectivity index (χ0) is 7.11. The molecule has 0 aliphatic rings. The van der Waals surface area contributed by atoms with Crippen LogP contribution in [0.1, 0.15) is 6.92 Å². The number of hydrogen-bond acceptors (Lipinski definition) is 2. The highest BCUT2D eigenvalue weighted by Crippen LogP contribution is 1.78. The van der Waals surface area contributed by atoms with Gasteiger partial charge in [0, 0.05) is 6.92 Å². The second kappa shape index (κ2) is 5.09. The molecule has 2 heteroatoms. The lowest BCUT2D eigenvalue weighted by molar-refractivity contribution is -0.139. The van der Waals surface area contributed by atoms with Crippen LogP contribution in [0.15, 0.2) is 24.8 Å². The van der Waals surface area contributed by atoms with Gasteiger partial charge in [-0.3, -0.25) is 4.79 Å². The monoisotopic (exact) mass is 126 g/mol. The van der Waals surface area contributed by atoms with Crippen LogP contribution >= 0.6 is 0 Å². The summed E-state index contributed by atoms with van der Waals surface area (Å²) in [5.41, 5.74) is 0.